The van der Waals surface area contributed by atoms with E-state index in [0.717, 1.165) is 0 Å². The topological polar surface area (TPSA) is 51.2 Å². The summed E-state index contributed by atoms with van der Waals surface area (Å²) in [5.74, 6) is 0.269. The average Bonchev–Trinajstić information content (AvgIpc) is 2.46. The van der Waals surface area contributed by atoms with Crippen molar-refractivity contribution in [1.29, 1.82) is 0 Å². The molecule has 0 radical (unpaired) electrons. The third kappa shape index (κ3) is 3.83. The Morgan fingerprint density at radius 2 is 2.20 bits per heavy atom. The van der Waals surface area contributed by atoms with Gasteiger partial charge in [0.15, 0.2) is 0 Å². The summed E-state index contributed by atoms with van der Waals surface area (Å²) < 4.78 is 5.15. The van der Waals surface area contributed by atoms with Crippen LogP contribution < -0.4 is 10.1 Å². The molecule has 2 aromatic rings. The van der Waals surface area contributed by atoms with E-state index in [4.69, 9.17) is 16.3 Å². The van der Waals surface area contributed by atoms with E-state index in [-0.39, 0.29) is 5.91 Å². The molecule has 0 saturated carbocycles. The molecule has 0 aliphatic carbocycles. The monoisotopic (exact) mass is 288 g/mol. The molecule has 102 valence electrons. The second-order valence-electron chi connectivity index (χ2n) is 3.92. The number of nitrogens with zero attached hydrogens (tertiary/aromatic N) is 1. The van der Waals surface area contributed by atoms with Crippen LogP contribution in [0.4, 0.5) is 5.69 Å². The molecule has 1 amide bonds. The molecule has 0 saturated heterocycles. The third-order valence-corrected chi connectivity index (χ3v) is 2.75. The number of hydrogen-bond donors (Lipinski definition) is 1. The van der Waals surface area contributed by atoms with E-state index in [1.165, 1.54) is 13.2 Å². The van der Waals surface area contributed by atoms with Gasteiger partial charge in [-0.1, -0.05) is 17.7 Å². The minimum absolute atomic E-state index is 0.281. The first kappa shape index (κ1) is 14.1. The number of halogens is 1. The molecule has 1 aromatic heterocycles. The van der Waals surface area contributed by atoms with Gasteiger partial charge in [0.1, 0.15) is 5.75 Å². The molecular weight excluding hydrogens is 276 g/mol. The van der Waals surface area contributed by atoms with Gasteiger partial charge in [0.25, 0.3) is 0 Å². The van der Waals surface area contributed by atoms with Gasteiger partial charge < -0.3 is 10.1 Å². The first-order chi connectivity index (χ1) is 9.69. The number of aromatic nitrogens is 1. The number of ether oxygens (including phenoxy) is 1. The molecule has 0 aliphatic heterocycles. The highest BCUT2D eigenvalue weighted by Crippen LogP contribution is 2.27. The first-order valence-corrected chi connectivity index (χ1v) is 6.30. The lowest BCUT2D eigenvalue weighted by Crippen LogP contribution is -2.08. The van der Waals surface area contributed by atoms with E-state index in [0.29, 0.717) is 22.2 Å². The molecule has 0 atom stereocenters. The zero-order chi connectivity index (χ0) is 14.4. The minimum Gasteiger partial charge on any atom is -0.495 e. The fraction of sp³-hybridized carbons (Fsp3) is 0.0667. The number of methoxy groups -OCH3 is 1. The Balaban J connectivity index is 2.08. The van der Waals surface area contributed by atoms with Crippen LogP contribution in [-0.4, -0.2) is 18.0 Å². The highest BCUT2D eigenvalue weighted by atomic mass is 35.5. The van der Waals surface area contributed by atoms with Crippen LogP contribution in [0.5, 0.6) is 5.75 Å². The summed E-state index contributed by atoms with van der Waals surface area (Å²) in [5.41, 5.74) is 1.23. The molecule has 0 spiro atoms. The number of amides is 1. The molecule has 1 N–H and O–H groups in total. The Kier molecular flexibility index (Phi) is 4.74. The third-order valence-electron chi connectivity index (χ3n) is 2.51. The van der Waals surface area contributed by atoms with Gasteiger partial charge in [-0.15, -0.1) is 0 Å². The number of hydrogen-bond acceptors (Lipinski definition) is 3. The molecule has 0 aliphatic rings. The van der Waals surface area contributed by atoms with Gasteiger partial charge in [-0.2, -0.15) is 0 Å². The van der Waals surface area contributed by atoms with Crippen LogP contribution in [0.15, 0.2) is 48.7 Å². The summed E-state index contributed by atoms with van der Waals surface area (Å²) in [5, 5.41) is 3.23. The lowest BCUT2D eigenvalue weighted by molar-refractivity contribution is -0.111. The Labute approximate surface area is 122 Å². The molecule has 1 aromatic carbocycles. The molecule has 2 rings (SSSR count). The van der Waals surface area contributed by atoms with Crippen molar-refractivity contribution in [3.8, 4) is 5.75 Å². The van der Waals surface area contributed by atoms with Gasteiger partial charge in [-0.05, 0) is 36.4 Å². The smallest absolute Gasteiger partial charge is 0.248 e. The Hall–Kier alpha value is -2.33. The quantitative estimate of drug-likeness (QED) is 0.877. The summed E-state index contributed by atoms with van der Waals surface area (Å²) in [6.07, 6.45) is 4.70. The summed E-state index contributed by atoms with van der Waals surface area (Å²) in [7, 11) is 1.53. The van der Waals surface area contributed by atoms with Gasteiger partial charge in [0.2, 0.25) is 5.91 Å². The Bertz CT molecular complexity index is 627. The highest BCUT2D eigenvalue weighted by Gasteiger charge is 2.06. The molecule has 5 heteroatoms. The van der Waals surface area contributed by atoms with Gasteiger partial charge >= 0.3 is 0 Å². The van der Waals surface area contributed by atoms with Crippen LogP contribution in [-0.2, 0) is 4.79 Å². The van der Waals surface area contributed by atoms with Crippen LogP contribution in [0.25, 0.3) is 6.08 Å². The van der Waals surface area contributed by atoms with Gasteiger partial charge in [0.05, 0.1) is 18.5 Å². The van der Waals surface area contributed by atoms with Crippen LogP contribution in [0.3, 0.4) is 0 Å². The number of pyridine rings is 1. The maximum atomic E-state index is 11.8. The largest absolute Gasteiger partial charge is 0.495 e. The van der Waals surface area contributed by atoms with E-state index >= 15 is 0 Å². The highest BCUT2D eigenvalue weighted by molar-refractivity contribution is 6.31. The fourth-order valence-electron chi connectivity index (χ4n) is 1.59. The van der Waals surface area contributed by atoms with Crippen molar-refractivity contribution >= 4 is 29.3 Å². The van der Waals surface area contributed by atoms with Crippen molar-refractivity contribution in [2.45, 2.75) is 0 Å². The van der Waals surface area contributed by atoms with Crippen molar-refractivity contribution in [2.24, 2.45) is 0 Å². The van der Waals surface area contributed by atoms with Gasteiger partial charge in [-0.3, -0.25) is 9.78 Å². The normalized spacial score (nSPS) is 10.5. The predicted octanol–water partition coefficient (Wildman–Crippen LogP) is 3.40. The van der Waals surface area contributed by atoms with Crippen LogP contribution in [0.1, 0.15) is 5.69 Å². The minimum atomic E-state index is -0.281. The Morgan fingerprint density at radius 1 is 1.35 bits per heavy atom. The second kappa shape index (κ2) is 6.73. The maximum absolute atomic E-state index is 11.8. The van der Waals surface area contributed by atoms with Crippen LogP contribution in [0.2, 0.25) is 5.02 Å². The first-order valence-electron chi connectivity index (χ1n) is 5.92. The zero-order valence-electron chi connectivity index (χ0n) is 10.8. The molecule has 20 heavy (non-hydrogen) atoms. The van der Waals surface area contributed by atoms with E-state index < -0.39 is 0 Å². The number of carbonyl (C=O) groups excluding carboxylic acids is 1. The molecule has 0 unspecified atom stereocenters. The maximum Gasteiger partial charge on any atom is 0.248 e. The van der Waals surface area contributed by atoms with Gasteiger partial charge in [-0.25, -0.2) is 0 Å². The second-order valence-corrected chi connectivity index (χ2v) is 4.36. The number of benzene rings is 1. The molecule has 1 heterocycles. The zero-order valence-corrected chi connectivity index (χ0v) is 11.6. The van der Waals surface area contributed by atoms with Crippen molar-refractivity contribution in [1.82, 2.24) is 4.98 Å². The molecule has 0 bridgehead atoms. The fourth-order valence-corrected chi connectivity index (χ4v) is 1.76. The summed E-state index contributed by atoms with van der Waals surface area (Å²) in [4.78, 5) is 15.9. The summed E-state index contributed by atoms with van der Waals surface area (Å²) in [6.45, 7) is 0. The lowest BCUT2D eigenvalue weighted by atomic mass is 10.2. The Morgan fingerprint density at radius 3 is 2.90 bits per heavy atom. The molecule has 0 fully saturated rings. The van der Waals surface area contributed by atoms with Crippen molar-refractivity contribution < 1.29 is 9.53 Å². The van der Waals surface area contributed by atoms with Crippen LogP contribution >= 0.6 is 11.6 Å². The number of rotatable bonds is 4. The van der Waals surface area contributed by atoms with E-state index in [1.54, 1.807) is 30.5 Å². The predicted molar refractivity (Wildman–Crippen MR) is 79.9 cm³/mol. The number of anilines is 1. The van der Waals surface area contributed by atoms with E-state index in [9.17, 15) is 4.79 Å². The summed E-state index contributed by atoms with van der Waals surface area (Å²) in [6, 6.07) is 10.5. The lowest BCUT2D eigenvalue weighted by Gasteiger charge is -2.08. The van der Waals surface area contributed by atoms with Crippen molar-refractivity contribution in [2.75, 3.05) is 12.4 Å². The average molecular weight is 289 g/mol. The standard InChI is InChI=1S/C15H13ClN2O2/c1-20-14-7-5-11(16)10-13(14)18-15(19)8-6-12-4-2-3-9-17-12/h2-10H,1H3,(H,18,19)/b8-6+. The van der Waals surface area contributed by atoms with Crippen LogP contribution in [0, 0.1) is 0 Å². The van der Waals surface area contributed by atoms with E-state index in [1.807, 2.05) is 18.2 Å². The number of carbonyl (C=O) groups is 1. The molecular formula is C15H13ClN2O2. The summed E-state index contributed by atoms with van der Waals surface area (Å²) >= 11 is 5.90. The van der Waals surface area contributed by atoms with Crippen molar-refractivity contribution in [3.63, 3.8) is 0 Å². The van der Waals surface area contributed by atoms with E-state index in [2.05, 4.69) is 10.3 Å². The number of nitrogens with one attached hydrogen (secondary N) is 1. The van der Waals surface area contributed by atoms with Crippen molar-refractivity contribution in [3.05, 3.63) is 59.4 Å². The van der Waals surface area contributed by atoms with Gasteiger partial charge in [0, 0.05) is 17.3 Å². The molecule has 4 nitrogen and oxygen atoms in total. The SMILES string of the molecule is COc1ccc(Cl)cc1NC(=O)/C=C/c1ccccn1.